The van der Waals surface area contributed by atoms with Gasteiger partial charge in [-0.05, 0) is 17.2 Å². The highest BCUT2D eigenvalue weighted by Crippen LogP contribution is 2.35. The Bertz CT molecular complexity index is 401. The predicted molar refractivity (Wildman–Crippen MR) is 48.8 cm³/mol. The standard InChI is InChI=1S/C10H7ClF2O/c11-8-2-1-5-3-6(14)4-7(5)9(8)10(12)13/h1-2,10H,3-4H2. The van der Waals surface area contributed by atoms with Gasteiger partial charge in [0.1, 0.15) is 5.78 Å². The maximum absolute atomic E-state index is 12.6. The number of benzene rings is 1. The number of carbonyl (C=O) groups is 1. The largest absolute Gasteiger partial charge is 0.299 e. The van der Waals surface area contributed by atoms with Gasteiger partial charge in [-0.25, -0.2) is 8.78 Å². The maximum Gasteiger partial charge on any atom is 0.265 e. The van der Waals surface area contributed by atoms with Crippen LogP contribution in [0.4, 0.5) is 8.78 Å². The van der Waals surface area contributed by atoms with E-state index in [1.165, 1.54) is 6.07 Å². The second-order valence-electron chi connectivity index (χ2n) is 3.29. The van der Waals surface area contributed by atoms with E-state index in [2.05, 4.69) is 0 Å². The molecule has 1 aliphatic carbocycles. The summed E-state index contributed by atoms with van der Waals surface area (Å²) >= 11 is 5.66. The van der Waals surface area contributed by atoms with Crippen molar-refractivity contribution in [2.75, 3.05) is 0 Å². The zero-order valence-corrected chi connectivity index (χ0v) is 7.94. The summed E-state index contributed by atoms with van der Waals surface area (Å²) in [5, 5.41) is 0.0495. The van der Waals surface area contributed by atoms with Crippen LogP contribution in [0.5, 0.6) is 0 Å². The number of fused-ring (bicyclic) bond motifs is 1. The molecule has 2 rings (SSSR count). The molecule has 4 heteroatoms. The van der Waals surface area contributed by atoms with E-state index in [1.54, 1.807) is 6.07 Å². The van der Waals surface area contributed by atoms with Gasteiger partial charge in [0.05, 0.1) is 0 Å². The number of rotatable bonds is 1. The number of Topliss-reactive ketones (excluding diaryl/α,β-unsaturated/α-hetero) is 1. The van der Waals surface area contributed by atoms with Gasteiger partial charge < -0.3 is 0 Å². The monoisotopic (exact) mass is 216 g/mol. The molecule has 0 saturated heterocycles. The third-order valence-corrected chi connectivity index (χ3v) is 2.71. The minimum Gasteiger partial charge on any atom is -0.299 e. The van der Waals surface area contributed by atoms with Gasteiger partial charge in [0.15, 0.2) is 0 Å². The first-order valence-corrected chi connectivity index (χ1v) is 4.57. The quantitative estimate of drug-likeness (QED) is 0.706. The van der Waals surface area contributed by atoms with Crippen LogP contribution in [0.25, 0.3) is 0 Å². The zero-order valence-electron chi connectivity index (χ0n) is 7.19. The minimum absolute atomic E-state index is 0.0239. The molecule has 74 valence electrons. The number of hydrogen-bond acceptors (Lipinski definition) is 1. The minimum atomic E-state index is -2.61. The summed E-state index contributed by atoms with van der Waals surface area (Å²) in [7, 11) is 0. The molecule has 0 N–H and O–H groups in total. The number of alkyl halides is 2. The third-order valence-electron chi connectivity index (χ3n) is 2.38. The van der Waals surface area contributed by atoms with E-state index in [0.29, 0.717) is 11.1 Å². The number of carbonyl (C=O) groups excluding carboxylic acids is 1. The van der Waals surface area contributed by atoms with E-state index in [1.807, 2.05) is 0 Å². The van der Waals surface area contributed by atoms with Gasteiger partial charge in [0, 0.05) is 23.4 Å². The van der Waals surface area contributed by atoms with E-state index < -0.39 is 6.43 Å². The molecule has 0 fully saturated rings. The molecule has 1 nitrogen and oxygen atoms in total. The molecular weight excluding hydrogens is 210 g/mol. The zero-order chi connectivity index (χ0) is 10.3. The van der Waals surface area contributed by atoms with E-state index in [-0.39, 0.29) is 29.2 Å². The number of hydrogen-bond donors (Lipinski definition) is 0. The smallest absolute Gasteiger partial charge is 0.265 e. The van der Waals surface area contributed by atoms with Crippen LogP contribution in [0.1, 0.15) is 23.1 Å². The molecule has 0 radical (unpaired) electrons. The highest BCUT2D eigenvalue weighted by Gasteiger charge is 2.26. The number of ketones is 1. The fourth-order valence-corrected chi connectivity index (χ4v) is 2.02. The van der Waals surface area contributed by atoms with Gasteiger partial charge in [-0.1, -0.05) is 17.7 Å². The van der Waals surface area contributed by atoms with Crippen molar-refractivity contribution < 1.29 is 13.6 Å². The molecule has 0 heterocycles. The lowest BCUT2D eigenvalue weighted by Crippen LogP contribution is -1.97. The molecule has 1 aromatic rings. The molecule has 0 amide bonds. The van der Waals surface area contributed by atoms with Crippen LogP contribution in [0, 0.1) is 0 Å². The molecule has 0 spiro atoms. The number of halogens is 3. The predicted octanol–water partition coefficient (Wildman–Crippen LogP) is 2.95. The first-order valence-electron chi connectivity index (χ1n) is 4.19. The van der Waals surface area contributed by atoms with Crippen LogP contribution in [0.3, 0.4) is 0 Å². The Morgan fingerprint density at radius 2 is 2.00 bits per heavy atom. The molecule has 1 aliphatic rings. The summed E-state index contributed by atoms with van der Waals surface area (Å²) in [4.78, 5) is 11.1. The van der Waals surface area contributed by atoms with E-state index in [0.717, 1.165) is 0 Å². The first kappa shape index (κ1) is 9.59. The van der Waals surface area contributed by atoms with Crippen molar-refractivity contribution in [3.8, 4) is 0 Å². The summed E-state index contributed by atoms with van der Waals surface area (Å²) in [6.07, 6.45) is -2.26. The van der Waals surface area contributed by atoms with Crippen molar-refractivity contribution in [1.29, 1.82) is 0 Å². The van der Waals surface area contributed by atoms with Gasteiger partial charge in [-0.15, -0.1) is 0 Å². The summed E-state index contributed by atoms with van der Waals surface area (Å²) in [5.41, 5.74) is 0.946. The average Bonchev–Trinajstić information content (AvgIpc) is 2.43. The molecule has 14 heavy (non-hydrogen) atoms. The van der Waals surface area contributed by atoms with Crippen molar-refractivity contribution >= 4 is 17.4 Å². The molecule has 0 aromatic heterocycles. The van der Waals surface area contributed by atoms with Crippen molar-refractivity contribution in [3.63, 3.8) is 0 Å². The third kappa shape index (κ3) is 1.42. The SMILES string of the molecule is O=C1Cc2ccc(Cl)c(C(F)F)c2C1. The van der Waals surface area contributed by atoms with Crippen molar-refractivity contribution in [1.82, 2.24) is 0 Å². The Hall–Kier alpha value is -0.960. The van der Waals surface area contributed by atoms with Gasteiger partial charge in [0.2, 0.25) is 0 Å². The lowest BCUT2D eigenvalue weighted by atomic mass is 10.0. The van der Waals surface area contributed by atoms with Crippen LogP contribution < -0.4 is 0 Å². The molecule has 1 aromatic carbocycles. The highest BCUT2D eigenvalue weighted by atomic mass is 35.5. The van der Waals surface area contributed by atoms with Gasteiger partial charge in [0.25, 0.3) is 6.43 Å². The van der Waals surface area contributed by atoms with E-state index in [4.69, 9.17) is 11.6 Å². The summed E-state index contributed by atoms with van der Waals surface area (Å²) in [5.74, 6) is -0.0239. The van der Waals surface area contributed by atoms with Gasteiger partial charge in [-0.3, -0.25) is 4.79 Å². The topological polar surface area (TPSA) is 17.1 Å². The van der Waals surface area contributed by atoms with Crippen molar-refractivity contribution in [2.45, 2.75) is 19.3 Å². The second kappa shape index (κ2) is 3.31. The fourth-order valence-electron chi connectivity index (χ4n) is 1.76. The van der Waals surface area contributed by atoms with Gasteiger partial charge >= 0.3 is 0 Å². The van der Waals surface area contributed by atoms with E-state index in [9.17, 15) is 13.6 Å². The molecule has 0 unspecified atom stereocenters. The first-order chi connectivity index (χ1) is 6.59. The Balaban J connectivity index is 2.59. The fraction of sp³-hybridized carbons (Fsp3) is 0.300. The Labute approximate surface area is 84.7 Å². The van der Waals surface area contributed by atoms with Crippen molar-refractivity contribution in [2.24, 2.45) is 0 Å². The lowest BCUT2D eigenvalue weighted by molar-refractivity contribution is -0.117. The average molecular weight is 217 g/mol. The second-order valence-corrected chi connectivity index (χ2v) is 3.70. The highest BCUT2D eigenvalue weighted by molar-refractivity contribution is 6.31. The molecule has 0 aliphatic heterocycles. The van der Waals surface area contributed by atoms with E-state index >= 15 is 0 Å². The Kier molecular flexibility index (Phi) is 2.27. The Morgan fingerprint density at radius 3 is 2.64 bits per heavy atom. The van der Waals surface area contributed by atoms with Crippen LogP contribution in [-0.4, -0.2) is 5.78 Å². The maximum atomic E-state index is 12.6. The van der Waals surface area contributed by atoms with Crippen molar-refractivity contribution in [3.05, 3.63) is 33.8 Å². The normalized spacial score (nSPS) is 15.0. The van der Waals surface area contributed by atoms with Crippen LogP contribution in [0.2, 0.25) is 5.02 Å². The molecule has 0 saturated carbocycles. The van der Waals surface area contributed by atoms with Crippen LogP contribution >= 0.6 is 11.6 Å². The Morgan fingerprint density at radius 1 is 1.29 bits per heavy atom. The molecule has 0 bridgehead atoms. The summed E-state index contributed by atoms with van der Waals surface area (Å²) in [6.45, 7) is 0. The van der Waals surface area contributed by atoms with Crippen LogP contribution in [-0.2, 0) is 17.6 Å². The molecule has 0 atom stereocenters. The van der Waals surface area contributed by atoms with Gasteiger partial charge in [-0.2, -0.15) is 0 Å². The summed E-state index contributed by atoms with van der Waals surface area (Å²) in [6, 6.07) is 3.08. The lowest BCUT2D eigenvalue weighted by Gasteiger charge is -2.08. The van der Waals surface area contributed by atoms with Crippen LogP contribution in [0.15, 0.2) is 12.1 Å². The molecular formula is C10H7ClF2O. The summed E-state index contributed by atoms with van der Waals surface area (Å²) < 4.78 is 25.2.